The normalized spacial score (nSPS) is 12.8. The average Bonchev–Trinajstić information content (AvgIpc) is 2.26. The van der Waals surface area contributed by atoms with Crippen LogP contribution in [0.3, 0.4) is 0 Å². The Kier molecular flexibility index (Phi) is 15.6. The van der Waals surface area contributed by atoms with Crippen LogP contribution >= 0.6 is 0 Å². The molecule has 0 saturated carbocycles. The van der Waals surface area contributed by atoms with Crippen LogP contribution in [-0.2, 0) is 40.5 Å². The number of aromatic nitrogens is 8. The van der Waals surface area contributed by atoms with Crippen LogP contribution in [0, 0.1) is 0 Å². The second kappa shape index (κ2) is 23.2. The second-order valence-electron chi connectivity index (χ2n) is 20.3. The van der Waals surface area contributed by atoms with Crippen molar-refractivity contribution < 1.29 is 51.9 Å². The molecular formula is C64H40N8O12S4Sn. The van der Waals surface area contributed by atoms with Crippen LogP contribution in [0.2, 0.25) is 0 Å². The Morgan fingerprint density at radius 2 is 0.472 bits per heavy atom. The van der Waals surface area contributed by atoms with E-state index >= 15 is 0 Å². The van der Waals surface area contributed by atoms with Gasteiger partial charge in [0.1, 0.15) is 40.5 Å². The third kappa shape index (κ3) is 12.7. The summed E-state index contributed by atoms with van der Waals surface area (Å²) in [5.41, 5.74) is 14.6. The first kappa shape index (κ1) is 59.8. The molecule has 0 atom stereocenters. The molecule has 0 amide bonds. The van der Waals surface area contributed by atoms with E-state index in [4.69, 9.17) is 9.97 Å². The molecule has 16 bridgehead atoms. The Balaban J connectivity index is 0.000000255. The van der Waals surface area contributed by atoms with E-state index < -0.39 is 60.1 Å². The molecule has 10 aromatic rings. The molecule has 10 heterocycles. The van der Waals surface area contributed by atoms with Crippen LogP contribution in [0.1, 0.15) is 45.6 Å². The van der Waals surface area contributed by atoms with Crippen molar-refractivity contribution in [3.05, 3.63) is 215 Å². The van der Waals surface area contributed by atoms with Crippen molar-refractivity contribution in [1.29, 1.82) is 0 Å². The number of nitrogens with zero attached hydrogens (tertiary/aromatic N) is 4. The van der Waals surface area contributed by atoms with Gasteiger partial charge in [-0.1, -0.05) is 48.5 Å². The summed E-state index contributed by atoms with van der Waals surface area (Å²) in [4.78, 5) is 31.0. The number of rotatable bonds is 8. The van der Waals surface area contributed by atoms with Crippen LogP contribution in [0.25, 0.3) is 137 Å². The maximum atomic E-state index is 11.9. The minimum Gasteiger partial charge on any atom is -0.744 e. The molecule has 4 aliphatic rings. The van der Waals surface area contributed by atoms with Gasteiger partial charge in [0, 0.05) is 66.4 Å². The first-order valence-electron chi connectivity index (χ1n) is 26.5. The molecule has 0 radical (unpaired) electrons. The van der Waals surface area contributed by atoms with Gasteiger partial charge in [-0.05, 0) is 192 Å². The van der Waals surface area contributed by atoms with E-state index in [0.29, 0.717) is 89.4 Å². The van der Waals surface area contributed by atoms with E-state index in [1.807, 2.05) is 48.6 Å². The Morgan fingerprint density at radius 1 is 0.258 bits per heavy atom. The quantitative estimate of drug-likeness (QED) is 0.0811. The fourth-order valence-corrected chi connectivity index (χ4v) is 12.4. The maximum absolute atomic E-state index is 11.9. The molecule has 0 aliphatic carbocycles. The average molecular weight is 1360 g/mol. The van der Waals surface area contributed by atoms with Crippen molar-refractivity contribution in [2.75, 3.05) is 0 Å². The summed E-state index contributed by atoms with van der Waals surface area (Å²) in [5.74, 6) is 0. The fourth-order valence-electron chi connectivity index (χ4n) is 10.5. The van der Waals surface area contributed by atoms with E-state index in [1.54, 1.807) is 48.6 Å². The van der Waals surface area contributed by atoms with Crippen molar-refractivity contribution in [1.82, 2.24) is 39.9 Å². The molecule has 0 fully saturated rings. The van der Waals surface area contributed by atoms with Gasteiger partial charge in [0.15, 0.2) is 0 Å². The summed E-state index contributed by atoms with van der Waals surface area (Å²) in [6, 6.07) is 44.2. The van der Waals surface area contributed by atoms with Crippen LogP contribution in [0.5, 0.6) is 0 Å². The van der Waals surface area contributed by atoms with Crippen molar-refractivity contribution in [3.8, 4) is 44.5 Å². The monoisotopic (exact) mass is 1360 g/mol. The zero-order valence-electron chi connectivity index (χ0n) is 45.6. The van der Waals surface area contributed by atoms with Gasteiger partial charge in [0.25, 0.3) is 0 Å². The Hall–Kier alpha value is -9.48. The van der Waals surface area contributed by atoms with Crippen LogP contribution < -0.4 is 0 Å². The Bertz CT molecular complexity index is 4880. The van der Waals surface area contributed by atoms with Crippen molar-refractivity contribution in [2.24, 2.45) is 0 Å². The zero-order valence-corrected chi connectivity index (χ0v) is 51.7. The SMILES string of the molecule is C1=Cc2cc3ccc(cc4nc(cc5ccc(cc1n2)[nH]5)C=C4)[nH]3.O=S(=O)([O-])c1ccc(-c2c3nc(c(-c4ccc(S(=O)(=O)[O-])cc4)c4ccc([nH]4)c(-c4ccc(S(=O)(=O)[O-])cc4)c4nc(c(-c5ccc(S(=O)(=O)[O-])cc5)c5ccc2[nH]5)C=C4)C=C3)cc1.[Sn+4]. The topological polar surface area (TPSA) is 344 Å². The molecule has 0 saturated heterocycles. The van der Waals surface area contributed by atoms with Gasteiger partial charge in [-0.15, -0.1) is 0 Å². The molecule has 0 unspecified atom stereocenters. The molecule has 89 heavy (non-hydrogen) atoms. The van der Waals surface area contributed by atoms with Crippen molar-refractivity contribution >= 4 is 157 Å². The van der Waals surface area contributed by atoms with E-state index in [9.17, 15) is 51.9 Å². The summed E-state index contributed by atoms with van der Waals surface area (Å²) in [7, 11) is -19.2. The third-order valence-electron chi connectivity index (χ3n) is 14.5. The molecule has 14 rings (SSSR count). The van der Waals surface area contributed by atoms with Crippen LogP contribution in [-0.4, -0.2) is 116 Å². The molecule has 4 aliphatic heterocycles. The number of aromatic amines is 4. The van der Waals surface area contributed by atoms with E-state index in [2.05, 4.69) is 54.2 Å². The van der Waals surface area contributed by atoms with Gasteiger partial charge in [-0.3, -0.25) is 0 Å². The van der Waals surface area contributed by atoms with Gasteiger partial charge < -0.3 is 38.1 Å². The molecule has 6 aromatic heterocycles. The molecule has 20 nitrogen and oxygen atoms in total. The van der Waals surface area contributed by atoms with Crippen LogP contribution in [0.15, 0.2) is 189 Å². The van der Waals surface area contributed by atoms with Gasteiger partial charge in [0.05, 0.1) is 65.1 Å². The summed E-state index contributed by atoms with van der Waals surface area (Å²) in [6.45, 7) is 0. The number of fused-ring (bicyclic) bond motifs is 16. The number of benzene rings is 4. The maximum Gasteiger partial charge on any atom is 4.00 e. The largest absolute Gasteiger partial charge is 4.00 e. The second-order valence-corrected chi connectivity index (χ2v) is 25.8. The van der Waals surface area contributed by atoms with E-state index in [1.165, 1.54) is 97.1 Å². The third-order valence-corrected chi connectivity index (χ3v) is 17.9. The van der Waals surface area contributed by atoms with E-state index in [-0.39, 0.29) is 23.9 Å². The van der Waals surface area contributed by atoms with E-state index in [0.717, 1.165) is 44.8 Å². The predicted molar refractivity (Wildman–Crippen MR) is 337 cm³/mol. The summed E-state index contributed by atoms with van der Waals surface area (Å²) in [5, 5.41) is 0. The Labute approximate surface area is 524 Å². The summed E-state index contributed by atoms with van der Waals surface area (Å²) >= 11 is 0. The van der Waals surface area contributed by atoms with Crippen molar-refractivity contribution in [2.45, 2.75) is 19.6 Å². The van der Waals surface area contributed by atoms with Gasteiger partial charge in [-0.25, -0.2) is 53.6 Å². The number of H-pyrrole nitrogens is 4. The number of hydrogen-bond donors (Lipinski definition) is 4. The molecule has 4 aromatic carbocycles. The standard InChI is InChI=1S/C44H30N4O12S4.C20H14N4.Sn/c49-61(50,51)29-9-1-25(2-10-29)41-33-17-19-35(45-33)42(26-3-11-30(12-4-26)62(52,53)54)37-21-23-39(47-37)44(28-7-15-32(16-8-28)64(58,59)60)40-24-22-38(48-40)43(36-20-18-34(41)46-36)27-5-13-31(14-6-27)63(55,56)57;1-2-14-10-16-5-6-18(23-16)12-20-8-7-19(24-20)11-17-4-3-15(22-17)9-13(1)21-14;/h1-24,45,48H,(H,49,50,51)(H,52,53,54)(H,55,56,57)(H,58,59,60);1-12,21,24H;/q;;+4/p-4. The number of nitrogens with one attached hydrogen (secondary N) is 4. The minimum atomic E-state index is -4.81. The van der Waals surface area contributed by atoms with Crippen molar-refractivity contribution in [3.63, 3.8) is 0 Å². The molecule has 4 N–H and O–H groups in total. The molecule has 25 heteroatoms. The van der Waals surface area contributed by atoms with Gasteiger partial charge >= 0.3 is 23.9 Å². The van der Waals surface area contributed by atoms with Gasteiger partial charge in [-0.2, -0.15) is 0 Å². The first-order valence-corrected chi connectivity index (χ1v) is 32.1. The fraction of sp³-hybridized carbons (Fsp3) is 0. The molecule has 436 valence electrons. The predicted octanol–water partition coefficient (Wildman–Crippen LogP) is 11.2. The zero-order chi connectivity index (χ0) is 61.3. The Morgan fingerprint density at radius 3 is 0.674 bits per heavy atom. The summed E-state index contributed by atoms with van der Waals surface area (Å²) in [6.07, 6.45) is 14.9. The van der Waals surface area contributed by atoms with Crippen LogP contribution in [0.4, 0.5) is 0 Å². The summed E-state index contributed by atoms with van der Waals surface area (Å²) < 4.78 is 143. The molecular weight excluding hydrogens is 1320 g/mol. The molecule has 0 spiro atoms. The first-order chi connectivity index (χ1) is 42.0. The number of hydrogen-bond acceptors (Lipinski definition) is 16. The minimum absolute atomic E-state index is 0. The smallest absolute Gasteiger partial charge is 0.744 e. The van der Waals surface area contributed by atoms with Gasteiger partial charge in [0.2, 0.25) is 0 Å².